The molecule has 0 aliphatic rings. The Hall–Kier alpha value is -0.550. The molecule has 2 heterocycles. The standard InChI is InChI=1S/C12H15Cl2N3S/c1-7(2)15-5-8-6-17(3)16-11(8)9-4-10(13)18-12(9)14/h4,6-7,15H,5H2,1-3H3. The first-order valence-corrected chi connectivity index (χ1v) is 7.25. The second kappa shape index (κ2) is 5.61. The minimum absolute atomic E-state index is 0.430. The highest BCUT2D eigenvalue weighted by atomic mass is 35.5. The lowest BCUT2D eigenvalue weighted by atomic mass is 10.1. The molecule has 0 amide bonds. The van der Waals surface area contributed by atoms with E-state index in [0.717, 1.165) is 23.4 Å². The van der Waals surface area contributed by atoms with Gasteiger partial charge in [0.05, 0.1) is 10.0 Å². The molecule has 0 atom stereocenters. The van der Waals surface area contributed by atoms with Gasteiger partial charge >= 0.3 is 0 Å². The van der Waals surface area contributed by atoms with Gasteiger partial charge in [-0.3, -0.25) is 4.68 Å². The number of aryl methyl sites for hydroxylation is 1. The van der Waals surface area contributed by atoms with Crippen molar-refractivity contribution in [2.75, 3.05) is 0 Å². The fraction of sp³-hybridized carbons (Fsp3) is 0.417. The summed E-state index contributed by atoms with van der Waals surface area (Å²) in [5, 5.41) is 7.86. The van der Waals surface area contributed by atoms with E-state index in [1.807, 2.05) is 19.3 Å². The third-order valence-electron chi connectivity index (χ3n) is 2.52. The molecular weight excluding hydrogens is 289 g/mol. The quantitative estimate of drug-likeness (QED) is 0.927. The largest absolute Gasteiger partial charge is 0.310 e. The minimum atomic E-state index is 0.430. The summed E-state index contributed by atoms with van der Waals surface area (Å²) in [4.78, 5) is 0. The van der Waals surface area contributed by atoms with Crippen LogP contribution in [0, 0.1) is 0 Å². The summed E-state index contributed by atoms with van der Waals surface area (Å²) >= 11 is 13.5. The Morgan fingerprint density at radius 1 is 1.44 bits per heavy atom. The van der Waals surface area contributed by atoms with Crippen LogP contribution >= 0.6 is 34.5 Å². The molecule has 98 valence electrons. The predicted molar refractivity (Wildman–Crippen MR) is 78.5 cm³/mol. The molecule has 0 spiro atoms. The van der Waals surface area contributed by atoms with Gasteiger partial charge in [-0.1, -0.05) is 37.0 Å². The van der Waals surface area contributed by atoms with E-state index >= 15 is 0 Å². The van der Waals surface area contributed by atoms with E-state index in [1.54, 1.807) is 4.68 Å². The summed E-state index contributed by atoms with van der Waals surface area (Å²) in [6, 6.07) is 2.30. The average Bonchev–Trinajstić information content (AvgIpc) is 2.78. The summed E-state index contributed by atoms with van der Waals surface area (Å²) < 4.78 is 3.17. The molecule has 0 aliphatic carbocycles. The zero-order chi connectivity index (χ0) is 13.3. The van der Waals surface area contributed by atoms with Crippen molar-refractivity contribution in [3.8, 4) is 11.3 Å². The van der Waals surface area contributed by atoms with E-state index in [2.05, 4.69) is 24.3 Å². The maximum atomic E-state index is 6.19. The maximum Gasteiger partial charge on any atom is 0.104 e. The van der Waals surface area contributed by atoms with Gasteiger partial charge in [0.15, 0.2) is 0 Å². The fourth-order valence-electron chi connectivity index (χ4n) is 1.71. The van der Waals surface area contributed by atoms with Gasteiger partial charge < -0.3 is 5.32 Å². The van der Waals surface area contributed by atoms with Crippen molar-refractivity contribution in [3.63, 3.8) is 0 Å². The van der Waals surface area contributed by atoms with Crippen molar-refractivity contribution in [1.29, 1.82) is 0 Å². The number of halogens is 2. The minimum Gasteiger partial charge on any atom is -0.310 e. The Bertz CT molecular complexity index is 546. The third kappa shape index (κ3) is 3.06. The van der Waals surface area contributed by atoms with E-state index in [9.17, 15) is 0 Å². The summed E-state index contributed by atoms with van der Waals surface area (Å²) in [5.41, 5.74) is 2.94. The Labute approximate surface area is 121 Å². The molecule has 3 nitrogen and oxygen atoms in total. The van der Waals surface area contributed by atoms with Gasteiger partial charge in [0.25, 0.3) is 0 Å². The van der Waals surface area contributed by atoms with Crippen LogP contribution < -0.4 is 5.32 Å². The van der Waals surface area contributed by atoms with Crippen molar-refractivity contribution in [2.24, 2.45) is 7.05 Å². The zero-order valence-corrected chi connectivity index (χ0v) is 12.8. The molecule has 18 heavy (non-hydrogen) atoms. The van der Waals surface area contributed by atoms with Crippen LogP contribution in [0.25, 0.3) is 11.3 Å². The molecule has 0 unspecified atom stereocenters. The normalized spacial score (nSPS) is 11.4. The Balaban J connectivity index is 2.35. The molecule has 6 heteroatoms. The molecule has 2 aromatic heterocycles. The average molecular weight is 304 g/mol. The van der Waals surface area contributed by atoms with Gasteiger partial charge in [0.1, 0.15) is 4.34 Å². The Morgan fingerprint density at radius 3 is 2.72 bits per heavy atom. The molecule has 0 aliphatic heterocycles. The summed E-state index contributed by atoms with van der Waals surface area (Å²) in [6.45, 7) is 5.00. The molecule has 0 fully saturated rings. The highest BCUT2D eigenvalue weighted by molar-refractivity contribution is 7.20. The van der Waals surface area contributed by atoms with Crippen LogP contribution in [0.2, 0.25) is 8.67 Å². The van der Waals surface area contributed by atoms with Crippen molar-refractivity contribution < 1.29 is 0 Å². The molecular formula is C12H15Cl2N3S. The number of nitrogens with one attached hydrogen (secondary N) is 1. The van der Waals surface area contributed by atoms with Gasteiger partial charge in [0.2, 0.25) is 0 Å². The van der Waals surface area contributed by atoms with E-state index < -0.39 is 0 Å². The molecule has 1 N–H and O–H groups in total. The molecule has 0 bridgehead atoms. The van der Waals surface area contributed by atoms with Crippen LogP contribution in [0.4, 0.5) is 0 Å². The lowest BCUT2D eigenvalue weighted by Gasteiger charge is -2.07. The highest BCUT2D eigenvalue weighted by Crippen LogP contribution is 2.38. The summed E-state index contributed by atoms with van der Waals surface area (Å²) in [5.74, 6) is 0. The number of rotatable bonds is 4. The number of hydrogen-bond donors (Lipinski definition) is 1. The van der Waals surface area contributed by atoms with E-state index in [1.165, 1.54) is 11.3 Å². The number of nitrogens with zero attached hydrogens (tertiary/aromatic N) is 2. The van der Waals surface area contributed by atoms with Crippen LogP contribution in [-0.2, 0) is 13.6 Å². The van der Waals surface area contributed by atoms with E-state index in [4.69, 9.17) is 23.2 Å². The zero-order valence-electron chi connectivity index (χ0n) is 10.5. The molecule has 0 radical (unpaired) electrons. The van der Waals surface area contributed by atoms with Crippen LogP contribution in [0.1, 0.15) is 19.4 Å². The second-order valence-corrected chi connectivity index (χ2v) is 6.74. The fourth-order valence-corrected chi connectivity index (χ4v) is 3.18. The first-order chi connectivity index (χ1) is 8.47. The molecule has 0 aromatic carbocycles. The number of aromatic nitrogens is 2. The predicted octanol–water partition coefficient (Wildman–Crippen LogP) is 3.95. The third-order valence-corrected chi connectivity index (χ3v) is 4.00. The van der Waals surface area contributed by atoms with Crippen LogP contribution in [0.3, 0.4) is 0 Å². The molecule has 2 rings (SSSR count). The first-order valence-electron chi connectivity index (χ1n) is 5.68. The first kappa shape index (κ1) is 13.9. The Kier molecular flexibility index (Phi) is 4.33. The molecule has 2 aromatic rings. The van der Waals surface area contributed by atoms with Crippen LogP contribution in [-0.4, -0.2) is 15.8 Å². The monoisotopic (exact) mass is 303 g/mol. The highest BCUT2D eigenvalue weighted by Gasteiger charge is 2.16. The van der Waals surface area contributed by atoms with Gasteiger partial charge in [0, 0.05) is 37.0 Å². The SMILES string of the molecule is CC(C)NCc1cn(C)nc1-c1cc(Cl)sc1Cl. The van der Waals surface area contributed by atoms with Gasteiger partial charge in [-0.25, -0.2) is 0 Å². The van der Waals surface area contributed by atoms with Crippen LogP contribution in [0.15, 0.2) is 12.3 Å². The summed E-state index contributed by atoms with van der Waals surface area (Å²) in [7, 11) is 1.91. The molecule has 0 saturated heterocycles. The Morgan fingerprint density at radius 2 is 2.17 bits per heavy atom. The van der Waals surface area contributed by atoms with Gasteiger partial charge in [-0.2, -0.15) is 5.10 Å². The van der Waals surface area contributed by atoms with Crippen LogP contribution in [0.5, 0.6) is 0 Å². The van der Waals surface area contributed by atoms with Crippen molar-refractivity contribution in [2.45, 2.75) is 26.4 Å². The van der Waals surface area contributed by atoms with E-state index in [0.29, 0.717) is 14.7 Å². The lowest BCUT2D eigenvalue weighted by molar-refractivity contribution is 0.589. The topological polar surface area (TPSA) is 29.9 Å². The van der Waals surface area contributed by atoms with Gasteiger partial charge in [-0.05, 0) is 6.07 Å². The second-order valence-electron chi connectivity index (χ2n) is 4.45. The van der Waals surface area contributed by atoms with Crippen molar-refractivity contribution in [3.05, 3.63) is 26.5 Å². The van der Waals surface area contributed by atoms with Crippen molar-refractivity contribution in [1.82, 2.24) is 15.1 Å². The van der Waals surface area contributed by atoms with Crippen molar-refractivity contribution >= 4 is 34.5 Å². The van der Waals surface area contributed by atoms with Gasteiger partial charge in [-0.15, -0.1) is 11.3 Å². The number of thiophene rings is 1. The lowest BCUT2D eigenvalue weighted by Crippen LogP contribution is -2.21. The maximum absolute atomic E-state index is 6.19. The molecule has 0 saturated carbocycles. The smallest absolute Gasteiger partial charge is 0.104 e. The van der Waals surface area contributed by atoms with E-state index in [-0.39, 0.29) is 0 Å². The number of hydrogen-bond acceptors (Lipinski definition) is 3. The summed E-state index contributed by atoms with van der Waals surface area (Å²) in [6.07, 6.45) is 2.01.